The fourth-order valence-corrected chi connectivity index (χ4v) is 2.87. The summed E-state index contributed by atoms with van der Waals surface area (Å²) in [7, 11) is 0. The summed E-state index contributed by atoms with van der Waals surface area (Å²) < 4.78 is 1.27. The van der Waals surface area contributed by atoms with Crippen molar-refractivity contribution in [2.45, 2.75) is 13.0 Å². The number of hydrogen-bond donors (Lipinski definition) is 1. The van der Waals surface area contributed by atoms with Gasteiger partial charge in [0.2, 0.25) is 0 Å². The number of nitrogens with two attached hydrogens (primary N) is 1. The summed E-state index contributed by atoms with van der Waals surface area (Å²) in [5.41, 5.74) is 7.92. The summed E-state index contributed by atoms with van der Waals surface area (Å²) in [5, 5.41) is 3.37. The van der Waals surface area contributed by atoms with Crippen LogP contribution in [-0.4, -0.2) is 9.97 Å². The van der Waals surface area contributed by atoms with Gasteiger partial charge in [0.25, 0.3) is 0 Å². The lowest BCUT2D eigenvalue weighted by molar-refractivity contribution is 0.741. The highest BCUT2D eigenvalue weighted by molar-refractivity contribution is 7.17. The zero-order valence-corrected chi connectivity index (χ0v) is 10.8. The Bertz CT molecular complexity index is 688. The number of nitrogens with zero attached hydrogens (tertiary/aromatic N) is 2. The molecule has 0 aliphatic rings. The van der Waals surface area contributed by atoms with E-state index in [0.29, 0.717) is 5.82 Å². The SMILES string of the molecule is CC(N)c1nccc(-c2csc3ccccc23)n1. The standard InChI is InChI=1S/C14H13N3S/c1-9(15)14-16-7-6-12(17-14)11-8-18-13-5-3-2-4-10(11)13/h2-9H,15H2,1H3. The van der Waals surface area contributed by atoms with E-state index in [1.807, 2.05) is 19.1 Å². The molecule has 18 heavy (non-hydrogen) atoms. The van der Waals surface area contributed by atoms with E-state index >= 15 is 0 Å². The molecule has 3 rings (SSSR count). The van der Waals surface area contributed by atoms with Crippen molar-refractivity contribution >= 4 is 21.4 Å². The molecule has 0 amide bonds. The summed E-state index contributed by atoms with van der Waals surface area (Å²) >= 11 is 1.73. The van der Waals surface area contributed by atoms with Crippen molar-refractivity contribution in [1.29, 1.82) is 0 Å². The first kappa shape index (κ1) is 11.3. The molecule has 0 bridgehead atoms. The Labute approximate surface area is 109 Å². The van der Waals surface area contributed by atoms with Crippen LogP contribution in [0, 0.1) is 0 Å². The highest BCUT2D eigenvalue weighted by Crippen LogP contribution is 2.32. The number of benzene rings is 1. The monoisotopic (exact) mass is 255 g/mol. The van der Waals surface area contributed by atoms with Crippen molar-refractivity contribution in [1.82, 2.24) is 9.97 Å². The van der Waals surface area contributed by atoms with Crippen molar-refractivity contribution in [3.8, 4) is 11.3 Å². The van der Waals surface area contributed by atoms with Crippen molar-refractivity contribution in [2.75, 3.05) is 0 Å². The highest BCUT2D eigenvalue weighted by atomic mass is 32.1. The number of hydrogen-bond acceptors (Lipinski definition) is 4. The highest BCUT2D eigenvalue weighted by Gasteiger charge is 2.09. The first-order chi connectivity index (χ1) is 8.75. The minimum atomic E-state index is -0.144. The maximum Gasteiger partial charge on any atom is 0.145 e. The molecule has 90 valence electrons. The van der Waals surface area contributed by atoms with Crippen LogP contribution in [0.4, 0.5) is 0 Å². The Morgan fingerprint density at radius 3 is 2.89 bits per heavy atom. The first-order valence-electron chi connectivity index (χ1n) is 5.81. The first-order valence-corrected chi connectivity index (χ1v) is 6.69. The van der Waals surface area contributed by atoms with Gasteiger partial charge in [-0.25, -0.2) is 9.97 Å². The van der Waals surface area contributed by atoms with E-state index in [0.717, 1.165) is 11.3 Å². The molecule has 3 aromatic rings. The van der Waals surface area contributed by atoms with Crippen molar-refractivity contribution in [3.63, 3.8) is 0 Å². The van der Waals surface area contributed by atoms with Gasteiger partial charge in [0, 0.05) is 27.2 Å². The second-order valence-electron chi connectivity index (χ2n) is 4.23. The predicted octanol–water partition coefficient (Wildman–Crippen LogP) is 3.38. The molecule has 0 aliphatic carbocycles. The van der Waals surface area contributed by atoms with Crippen molar-refractivity contribution in [3.05, 3.63) is 47.7 Å². The van der Waals surface area contributed by atoms with Crippen LogP contribution < -0.4 is 5.73 Å². The van der Waals surface area contributed by atoms with Gasteiger partial charge >= 0.3 is 0 Å². The summed E-state index contributed by atoms with van der Waals surface area (Å²) in [6.45, 7) is 1.89. The van der Waals surface area contributed by atoms with Crippen LogP contribution in [0.15, 0.2) is 41.9 Å². The van der Waals surface area contributed by atoms with Crippen LogP contribution in [-0.2, 0) is 0 Å². The van der Waals surface area contributed by atoms with Gasteiger partial charge in [-0.1, -0.05) is 18.2 Å². The quantitative estimate of drug-likeness (QED) is 0.763. The smallest absolute Gasteiger partial charge is 0.145 e. The van der Waals surface area contributed by atoms with Crippen LogP contribution in [0.2, 0.25) is 0 Å². The zero-order valence-electron chi connectivity index (χ0n) is 10.00. The number of aromatic nitrogens is 2. The summed E-state index contributed by atoms with van der Waals surface area (Å²) in [4.78, 5) is 8.73. The van der Waals surface area contributed by atoms with Crippen LogP contribution in [0.1, 0.15) is 18.8 Å². The molecule has 0 spiro atoms. The Hall–Kier alpha value is -1.78. The van der Waals surface area contributed by atoms with Gasteiger partial charge in [-0.05, 0) is 19.1 Å². The summed E-state index contributed by atoms with van der Waals surface area (Å²) in [5.74, 6) is 0.683. The fraction of sp³-hybridized carbons (Fsp3) is 0.143. The molecule has 0 fully saturated rings. The third-order valence-corrected chi connectivity index (χ3v) is 3.80. The van der Waals surface area contributed by atoms with Gasteiger partial charge in [-0.3, -0.25) is 0 Å². The topological polar surface area (TPSA) is 51.8 Å². The van der Waals surface area contributed by atoms with Gasteiger partial charge in [-0.15, -0.1) is 11.3 Å². The van der Waals surface area contributed by atoms with Crippen molar-refractivity contribution < 1.29 is 0 Å². The van der Waals surface area contributed by atoms with Crippen LogP contribution in [0.3, 0.4) is 0 Å². The van der Waals surface area contributed by atoms with E-state index in [4.69, 9.17) is 5.73 Å². The maximum absolute atomic E-state index is 5.83. The summed E-state index contributed by atoms with van der Waals surface area (Å²) in [6, 6.07) is 10.1. The molecule has 1 atom stereocenters. The molecular formula is C14H13N3S. The average Bonchev–Trinajstić information content (AvgIpc) is 2.82. The van der Waals surface area contributed by atoms with Gasteiger partial charge in [0.05, 0.1) is 11.7 Å². The van der Waals surface area contributed by atoms with E-state index in [1.54, 1.807) is 17.5 Å². The Morgan fingerprint density at radius 2 is 2.06 bits per heavy atom. The van der Waals surface area contributed by atoms with Gasteiger partial charge in [-0.2, -0.15) is 0 Å². The van der Waals surface area contributed by atoms with E-state index in [2.05, 4.69) is 33.5 Å². The molecule has 0 radical (unpaired) electrons. The van der Waals surface area contributed by atoms with Crippen LogP contribution in [0.5, 0.6) is 0 Å². The molecule has 3 nitrogen and oxygen atoms in total. The zero-order chi connectivity index (χ0) is 12.5. The minimum Gasteiger partial charge on any atom is -0.322 e. The fourth-order valence-electron chi connectivity index (χ4n) is 1.92. The van der Waals surface area contributed by atoms with E-state index in [9.17, 15) is 0 Å². The lowest BCUT2D eigenvalue weighted by Gasteiger charge is -2.05. The third kappa shape index (κ3) is 1.89. The third-order valence-electron chi connectivity index (χ3n) is 2.84. The molecule has 2 N–H and O–H groups in total. The summed E-state index contributed by atoms with van der Waals surface area (Å²) in [6.07, 6.45) is 1.77. The van der Waals surface area contributed by atoms with Crippen LogP contribution in [0.25, 0.3) is 21.3 Å². The van der Waals surface area contributed by atoms with E-state index < -0.39 is 0 Å². The Balaban J connectivity index is 2.17. The number of thiophene rings is 1. The molecular weight excluding hydrogens is 242 g/mol. The molecule has 1 aromatic carbocycles. The molecule has 0 aliphatic heterocycles. The van der Waals surface area contributed by atoms with Crippen LogP contribution >= 0.6 is 11.3 Å². The Morgan fingerprint density at radius 1 is 1.22 bits per heavy atom. The van der Waals surface area contributed by atoms with E-state index in [-0.39, 0.29) is 6.04 Å². The second-order valence-corrected chi connectivity index (χ2v) is 5.15. The number of fused-ring (bicyclic) bond motifs is 1. The van der Waals surface area contributed by atoms with Gasteiger partial charge in [0.1, 0.15) is 5.82 Å². The maximum atomic E-state index is 5.83. The molecule has 2 aromatic heterocycles. The number of rotatable bonds is 2. The lowest BCUT2D eigenvalue weighted by Crippen LogP contribution is -2.09. The molecule has 0 saturated heterocycles. The second kappa shape index (κ2) is 4.48. The van der Waals surface area contributed by atoms with E-state index in [1.165, 1.54) is 10.1 Å². The molecule has 0 saturated carbocycles. The molecule has 1 unspecified atom stereocenters. The predicted molar refractivity (Wildman–Crippen MR) is 75.5 cm³/mol. The molecule has 4 heteroatoms. The van der Waals surface area contributed by atoms with Gasteiger partial charge < -0.3 is 5.73 Å². The average molecular weight is 255 g/mol. The lowest BCUT2D eigenvalue weighted by atomic mass is 10.1. The van der Waals surface area contributed by atoms with Crippen molar-refractivity contribution in [2.24, 2.45) is 5.73 Å². The van der Waals surface area contributed by atoms with Gasteiger partial charge in [0.15, 0.2) is 0 Å². The minimum absolute atomic E-state index is 0.144. The normalized spacial score (nSPS) is 12.8. The molecule has 2 heterocycles. The largest absolute Gasteiger partial charge is 0.322 e. The Kier molecular flexibility index (Phi) is 2.81.